The molecule has 0 saturated carbocycles. The van der Waals surface area contributed by atoms with Gasteiger partial charge in [0.1, 0.15) is 15.8 Å². The predicted molar refractivity (Wildman–Crippen MR) is 126 cm³/mol. The molecule has 8 nitrogen and oxygen atoms in total. The molecule has 0 aliphatic carbocycles. The van der Waals surface area contributed by atoms with Crippen molar-refractivity contribution < 1.29 is 22.4 Å². The van der Waals surface area contributed by atoms with Gasteiger partial charge in [-0.25, -0.2) is 4.39 Å². The van der Waals surface area contributed by atoms with Crippen molar-refractivity contribution in [2.24, 2.45) is 7.05 Å². The molecule has 3 heterocycles. The summed E-state index contributed by atoms with van der Waals surface area (Å²) in [5.74, 6) is -4.38. The number of carbonyl (C=O) groups is 1. The number of rotatable bonds is 11. The average Bonchev–Trinajstić information content (AvgIpc) is 3.39. The number of allylic oxidation sites excluding steroid dienone is 1. The van der Waals surface area contributed by atoms with Crippen molar-refractivity contribution in [2.75, 3.05) is 12.0 Å². The van der Waals surface area contributed by atoms with Crippen molar-refractivity contribution >= 4 is 46.5 Å². The number of hydrogen-bond acceptors (Lipinski definition) is 7. The lowest BCUT2D eigenvalue weighted by atomic mass is 10.1. The average molecular weight is 530 g/mol. The molecule has 0 saturated heterocycles. The summed E-state index contributed by atoms with van der Waals surface area (Å²) in [7, 11) is 1.33. The van der Waals surface area contributed by atoms with Gasteiger partial charge in [0.25, 0.3) is 5.91 Å². The highest BCUT2D eigenvalue weighted by molar-refractivity contribution is 7.17. The number of anilines is 1. The van der Waals surface area contributed by atoms with Crippen molar-refractivity contribution in [1.82, 2.24) is 25.6 Å². The molecule has 1 amide bonds. The zero-order valence-corrected chi connectivity index (χ0v) is 19.8. The zero-order chi connectivity index (χ0) is 25.6. The van der Waals surface area contributed by atoms with E-state index in [0.29, 0.717) is 10.6 Å². The van der Waals surface area contributed by atoms with Gasteiger partial charge >= 0.3 is 5.92 Å². The van der Waals surface area contributed by atoms with Gasteiger partial charge in [-0.3, -0.25) is 14.5 Å². The number of aromatic nitrogens is 3. The first-order valence-electron chi connectivity index (χ1n) is 10.0. The number of amides is 1. The molecule has 0 fully saturated rings. The summed E-state index contributed by atoms with van der Waals surface area (Å²) in [5.41, 5.74) is 1.17. The van der Waals surface area contributed by atoms with Crippen LogP contribution in [0.1, 0.15) is 32.2 Å². The number of hydrogen-bond donors (Lipinski definition) is 4. The lowest BCUT2D eigenvalue weighted by Gasteiger charge is -2.11. The maximum absolute atomic E-state index is 14.0. The van der Waals surface area contributed by atoms with Gasteiger partial charge in [-0.05, 0) is 18.2 Å². The summed E-state index contributed by atoms with van der Waals surface area (Å²) in [6, 6.07) is 6.78. The third kappa shape index (κ3) is 6.05. The normalized spacial score (nSPS) is 12.0. The zero-order valence-electron chi connectivity index (χ0n) is 18.2. The number of nitrogens with zero attached hydrogens (tertiary/aromatic N) is 3. The molecule has 35 heavy (non-hydrogen) atoms. The molecule has 0 spiro atoms. The van der Waals surface area contributed by atoms with E-state index in [9.17, 15) is 22.4 Å². The van der Waals surface area contributed by atoms with E-state index < -0.39 is 30.7 Å². The molecule has 3 aromatic rings. The molecule has 3 aromatic heterocycles. The lowest BCUT2D eigenvalue weighted by Crippen LogP contribution is -2.23. The van der Waals surface area contributed by atoms with Crippen molar-refractivity contribution in [3.8, 4) is 0 Å². The van der Waals surface area contributed by atoms with Crippen LogP contribution in [0.5, 0.6) is 0 Å². The van der Waals surface area contributed by atoms with Crippen LogP contribution in [0.25, 0.3) is 5.57 Å². The molecule has 4 N–H and O–H groups in total. The van der Waals surface area contributed by atoms with E-state index in [1.54, 1.807) is 24.4 Å². The van der Waals surface area contributed by atoms with Crippen LogP contribution in [0.15, 0.2) is 36.7 Å². The molecule has 0 aromatic carbocycles. The summed E-state index contributed by atoms with van der Waals surface area (Å²) in [6.45, 7) is -2.46. The van der Waals surface area contributed by atoms with Crippen LogP contribution in [-0.4, -0.2) is 33.6 Å². The Balaban J connectivity index is 1.83. The Morgan fingerprint density at radius 3 is 2.74 bits per heavy atom. The maximum atomic E-state index is 14.0. The first-order valence-corrected chi connectivity index (χ1v) is 11.2. The van der Waals surface area contributed by atoms with Gasteiger partial charge in [-0.15, -0.1) is 15.8 Å². The van der Waals surface area contributed by atoms with Crippen molar-refractivity contribution in [3.05, 3.63) is 68.4 Å². The Morgan fingerprint density at radius 1 is 1.34 bits per heavy atom. The fraction of sp³-hybridized carbons (Fsp3) is 0.238. The van der Waals surface area contributed by atoms with Crippen molar-refractivity contribution in [3.63, 3.8) is 0 Å². The van der Waals surface area contributed by atoms with Crippen LogP contribution in [-0.2, 0) is 26.1 Å². The molecule has 0 unspecified atom stereocenters. The number of pyridine rings is 1. The summed E-state index contributed by atoms with van der Waals surface area (Å²) < 4.78 is 54.7. The van der Waals surface area contributed by atoms with Gasteiger partial charge in [-0.1, -0.05) is 17.7 Å². The Kier molecular flexibility index (Phi) is 8.59. The largest absolute Gasteiger partial charge is 0.346 e. The summed E-state index contributed by atoms with van der Waals surface area (Å²) in [4.78, 5) is 17.1. The standard InChI is InChI=1S/C21H20ClF4N7OS/c1-33-19(15(10-31-26)17(32-33)21(24,25)11-23)29-8-12(7-27)16-6-14(18(22)35-16)20(34)30-9-13-4-2-3-5-28-13/h2-8,27,29,31H,9-11H2,1H3,(H,30,34)/b12-8+,27-7?. The molecule has 0 bridgehead atoms. The molecule has 3 rings (SSSR count). The van der Waals surface area contributed by atoms with Crippen LogP contribution >= 0.6 is 22.9 Å². The molecular formula is C21H20ClF4N7OS. The quantitative estimate of drug-likeness (QED) is 0.165. The SMILES string of the molecule is Cn1nc(C(F)(F)CF)c(CNF)c1N/C=C(\C=N)c1cc(C(=O)NCc2ccccn2)c(Cl)s1. The Bertz CT molecular complexity index is 1230. The van der Waals surface area contributed by atoms with Crippen LogP contribution in [0, 0.1) is 5.41 Å². The highest BCUT2D eigenvalue weighted by atomic mass is 35.5. The summed E-state index contributed by atoms with van der Waals surface area (Å²) in [5, 5.41) is 16.8. The van der Waals surface area contributed by atoms with Gasteiger partial charge < -0.3 is 16.0 Å². The van der Waals surface area contributed by atoms with Crippen LogP contribution in [0.2, 0.25) is 4.34 Å². The minimum atomic E-state index is -3.91. The second kappa shape index (κ2) is 11.4. The second-order valence-corrected chi connectivity index (χ2v) is 8.79. The lowest BCUT2D eigenvalue weighted by molar-refractivity contribution is -0.0335. The van der Waals surface area contributed by atoms with E-state index in [0.717, 1.165) is 22.2 Å². The van der Waals surface area contributed by atoms with Gasteiger partial charge in [0.05, 0.1) is 24.3 Å². The minimum absolute atomic E-state index is 0.0337. The molecule has 0 atom stereocenters. The van der Waals surface area contributed by atoms with Gasteiger partial charge in [0.15, 0.2) is 6.67 Å². The molecule has 14 heteroatoms. The van der Waals surface area contributed by atoms with Crippen LogP contribution < -0.4 is 16.2 Å². The molecule has 186 valence electrons. The van der Waals surface area contributed by atoms with Crippen LogP contribution in [0.3, 0.4) is 0 Å². The van der Waals surface area contributed by atoms with E-state index in [2.05, 4.69) is 20.7 Å². The van der Waals surface area contributed by atoms with E-state index in [4.69, 9.17) is 17.0 Å². The highest BCUT2D eigenvalue weighted by Crippen LogP contribution is 2.35. The number of aryl methyl sites for hydroxylation is 1. The first-order chi connectivity index (χ1) is 16.7. The fourth-order valence-corrected chi connectivity index (χ4v) is 4.36. The third-order valence-electron chi connectivity index (χ3n) is 4.80. The molecule has 0 aliphatic heterocycles. The molecular weight excluding hydrogens is 510 g/mol. The highest BCUT2D eigenvalue weighted by Gasteiger charge is 2.39. The Hall–Kier alpha value is -3.29. The minimum Gasteiger partial charge on any atom is -0.346 e. The Labute approximate surface area is 206 Å². The smallest absolute Gasteiger partial charge is 0.319 e. The van der Waals surface area contributed by atoms with Crippen molar-refractivity contribution in [2.45, 2.75) is 19.0 Å². The van der Waals surface area contributed by atoms with E-state index in [1.807, 2.05) is 0 Å². The molecule has 0 radical (unpaired) electrons. The van der Waals surface area contributed by atoms with Gasteiger partial charge in [0.2, 0.25) is 0 Å². The van der Waals surface area contributed by atoms with E-state index >= 15 is 0 Å². The number of carbonyl (C=O) groups excluding carboxylic acids is 1. The van der Waals surface area contributed by atoms with Crippen LogP contribution in [0.4, 0.5) is 23.5 Å². The van der Waals surface area contributed by atoms with Crippen molar-refractivity contribution in [1.29, 1.82) is 5.41 Å². The predicted octanol–water partition coefficient (Wildman–Crippen LogP) is 4.60. The maximum Gasteiger partial charge on any atom is 0.319 e. The monoisotopic (exact) mass is 529 g/mol. The third-order valence-corrected chi connectivity index (χ3v) is 6.20. The number of halogens is 5. The Morgan fingerprint density at radius 2 is 2.11 bits per heavy atom. The number of alkyl halides is 3. The number of nitrogens with one attached hydrogen (secondary N) is 4. The second-order valence-electron chi connectivity index (χ2n) is 7.14. The first kappa shape index (κ1) is 26.3. The topological polar surface area (TPSA) is 108 Å². The van der Waals surface area contributed by atoms with E-state index in [-0.39, 0.29) is 33.4 Å². The summed E-state index contributed by atoms with van der Waals surface area (Å²) in [6.07, 6.45) is 3.86. The number of thiophene rings is 1. The summed E-state index contributed by atoms with van der Waals surface area (Å²) >= 11 is 7.27. The van der Waals surface area contributed by atoms with Gasteiger partial charge in [0, 0.05) is 41.7 Å². The fourth-order valence-electron chi connectivity index (χ4n) is 3.10. The van der Waals surface area contributed by atoms with Gasteiger partial charge in [-0.2, -0.15) is 19.4 Å². The van der Waals surface area contributed by atoms with E-state index in [1.165, 1.54) is 24.9 Å². The molecule has 0 aliphatic rings.